The second-order valence-corrected chi connectivity index (χ2v) is 11.5. The van der Waals surface area contributed by atoms with Crippen molar-refractivity contribution in [2.45, 2.75) is 37.4 Å². The third-order valence-corrected chi connectivity index (χ3v) is 10.7. The minimum atomic E-state index is -2.76. The van der Waals surface area contributed by atoms with Gasteiger partial charge in [0.05, 0.1) is 5.00 Å². The maximum Gasteiger partial charge on any atom is 0.501 e. The standard InChI is InChI=1S/C12H28Cl2O6Si2/c1-6-18-12(19-7-2)20-21(9-8-13)11(14)10-22(15-3,16-4)17-5/h11-12,21H,6-10H2,1-5H3. The topological polar surface area (TPSA) is 55.4 Å². The minimum absolute atomic E-state index is 0.270. The van der Waals surface area contributed by atoms with E-state index in [2.05, 4.69) is 0 Å². The zero-order valence-corrected chi connectivity index (χ0v) is 17.6. The molecule has 0 aliphatic carbocycles. The van der Waals surface area contributed by atoms with Crippen LogP contribution in [0.5, 0.6) is 0 Å². The van der Waals surface area contributed by atoms with E-state index in [-0.39, 0.29) is 5.00 Å². The first-order valence-corrected chi connectivity index (χ1v) is 12.1. The van der Waals surface area contributed by atoms with Crippen molar-refractivity contribution >= 4 is 41.0 Å². The molecule has 0 aromatic carbocycles. The van der Waals surface area contributed by atoms with Crippen LogP contribution in [0.4, 0.5) is 0 Å². The Bertz CT molecular complexity index is 260. The van der Waals surface area contributed by atoms with Crippen molar-refractivity contribution in [1.82, 2.24) is 0 Å². The quantitative estimate of drug-likeness (QED) is 0.256. The van der Waals surface area contributed by atoms with Gasteiger partial charge < -0.3 is 27.2 Å². The van der Waals surface area contributed by atoms with Gasteiger partial charge in [-0.05, 0) is 19.9 Å². The highest BCUT2D eigenvalue weighted by Gasteiger charge is 2.43. The molecule has 0 saturated carbocycles. The van der Waals surface area contributed by atoms with Crippen molar-refractivity contribution in [3.05, 3.63) is 0 Å². The molecule has 0 N–H and O–H groups in total. The molecule has 0 aromatic rings. The van der Waals surface area contributed by atoms with Crippen LogP contribution in [0.15, 0.2) is 0 Å². The normalized spacial score (nSPS) is 15.3. The van der Waals surface area contributed by atoms with Crippen LogP contribution in [0.25, 0.3) is 0 Å². The van der Waals surface area contributed by atoms with Crippen molar-refractivity contribution in [1.29, 1.82) is 0 Å². The van der Waals surface area contributed by atoms with Gasteiger partial charge in [0, 0.05) is 46.5 Å². The second kappa shape index (κ2) is 13.1. The highest BCUT2D eigenvalue weighted by Crippen LogP contribution is 2.24. The fourth-order valence-corrected chi connectivity index (χ4v) is 8.34. The first kappa shape index (κ1) is 22.8. The van der Waals surface area contributed by atoms with Gasteiger partial charge in [-0.15, -0.1) is 23.2 Å². The maximum absolute atomic E-state index is 6.55. The fraction of sp³-hybridized carbons (Fsp3) is 1.00. The Morgan fingerprint density at radius 3 is 1.86 bits per heavy atom. The zero-order valence-electron chi connectivity index (χ0n) is 14.0. The largest absolute Gasteiger partial charge is 0.501 e. The molecule has 0 amide bonds. The van der Waals surface area contributed by atoms with Crippen molar-refractivity contribution in [2.24, 2.45) is 0 Å². The van der Waals surface area contributed by atoms with Gasteiger partial charge in [-0.3, -0.25) is 0 Å². The summed E-state index contributed by atoms with van der Waals surface area (Å²) in [6, 6.07) is 1.14. The zero-order chi connectivity index (χ0) is 17.0. The lowest BCUT2D eigenvalue weighted by Crippen LogP contribution is -2.49. The molecule has 0 fully saturated rings. The van der Waals surface area contributed by atoms with Crippen LogP contribution < -0.4 is 0 Å². The molecule has 0 radical (unpaired) electrons. The third-order valence-electron chi connectivity index (χ3n) is 3.07. The Morgan fingerprint density at radius 1 is 1.00 bits per heavy atom. The van der Waals surface area contributed by atoms with Gasteiger partial charge in [-0.2, -0.15) is 0 Å². The average molecular weight is 395 g/mol. The lowest BCUT2D eigenvalue weighted by molar-refractivity contribution is -0.245. The summed E-state index contributed by atoms with van der Waals surface area (Å²) in [5, 5.41) is -0.270. The Morgan fingerprint density at radius 2 is 1.50 bits per heavy atom. The monoisotopic (exact) mass is 394 g/mol. The van der Waals surface area contributed by atoms with Gasteiger partial charge in [0.25, 0.3) is 6.48 Å². The summed E-state index contributed by atoms with van der Waals surface area (Å²) >= 11 is 12.4. The van der Waals surface area contributed by atoms with Gasteiger partial charge in [-0.1, -0.05) is 0 Å². The summed E-state index contributed by atoms with van der Waals surface area (Å²) < 4.78 is 33.0. The number of rotatable bonds is 14. The molecule has 0 aliphatic heterocycles. The van der Waals surface area contributed by atoms with Crippen LogP contribution >= 0.6 is 23.2 Å². The molecule has 0 heterocycles. The number of hydrogen-bond acceptors (Lipinski definition) is 6. The van der Waals surface area contributed by atoms with Crippen LogP contribution in [-0.4, -0.2) is 69.7 Å². The number of ether oxygens (including phenoxy) is 2. The first-order valence-electron chi connectivity index (χ1n) is 7.26. The molecule has 10 heteroatoms. The molecule has 6 nitrogen and oxygen atoms in total. The van der Waals surface area contributed by atoms with Gasteiger partial charge in [0.15, 0.2) is 0 Å². The molecule has 0 bridgehead atoms. The molecule has 0 aliphatic rings. The van der Waals surface area contributed by atoms with E-state index in [0.29, 0.717) is 31.2 Å². The van der Waals surface area contributed by atoms with E-state index in [9.17, 15) is 0 Å². The van der Waals surface area contributed by atoms with Crippen molar-refractivity contribution in [3.63, 3.8) is 0 Å². The minimum Gasteiger partial charge on any atom is -0.377 e. The molecule has 22 heavy (non-hydrogen) atoms. The van der Waals surface area contributed by atoms with Gasteiger partial charge in [-0.25, -0.2) is 0 Å². The van der Waals surface area contributed by atoms with Crippen LogP contribution in [0, 0.1) is 0 Å². The fourth-order valence-electron chi connectivity index (χ4n) is 1.85. The SMILES string of the molecule is CCOC(OCC)O[SiH](CCCl)C(Cl)C[Si](OC)(OC)OC. The number of alkyl halides is 2. The van der Waals surface area contributed by atoms with Crippen molar-refractivity contribution in [2.75, 3.05) is 40.4 Å². The molecule has 2 unspecified atom stereocenters. The highest BCUT2D eigenvalue weighted by molar-refractivity contribution is 6.70. The van der Waals surface area contributed by atoms with Crippen molar-refractivity contribution < 1.29 is 27.2 Å². The Balaban J connectivity index is 4.82. The van der Waals surface area contributed by atoms with Gasteiger partial charge >= 0.3 is 8.80 Å². The molecular formula is C12H28Cl2O6Si2. The van der Waals surface area contributed by atoms with Crippen molar-refractivity contribution in [3.8, 4) is 0 Å². The average Bonchev–Trinajstić information content (AvgIpc) is 2.52. The molecule has 2 atom stereocenters. The van der Waals surface area contributed by atoms with Crippen LogP contribution in [0.3, 0.4) is 0 Å². The van der Waals surface area contributed by atoms with Crippen LogP contribution in [-0.2, 0) is 27.2 Å². The maximum atomic E-state index is 6.55. The summed E-state index contributed by atoms with van der Waals surface area (Å²) in [5.41, 5.74) is 0. The van der Waals surface area contributed by atoms with E-state index < -0.39 is 24.3 Å². The summed E-state index contributed by atoms with van der Waals surface area (Å²) in [4.78, 5) is 0. The van der Waals surface area contributed by atoms with Crippen LogP contribution in [0.1, 0.15) is 13.8 Å². The van der Waals surface area contributed by atoms with E-state index in [1.807, 2.05) is 13.8 Å². The Kier molecular flexibility index (Phi) is 13.6. The lowest BCUT2D eigenvalue weighted by atomic mass is 10.8. The molecular weight excluding hydrogens is 367 g/mol. The smallest absolute Gasteiger partial charge is 0.377 e. The summed E-state index contributed by atoms with van der Waals surface area (Å²) in [6.45, 7) is 4.04. The predicted octanol–water partition coefficient (Wildman–Crippen LogP) is 2.35. The molecule has 0 saturated heterocycles. The number of halogens is 2. The number of hydrogen-bond donors (Lipinski definition) is 0. The summed E-state index contributed by atoms with van der Waals surface area (Å²) in [7, 11) is 0.00686. The summed E-state index contributed by atoms with van der Waals surface area (Å²) in [6.07, 6.45) is 0. The van der Waals surface area contributed by atoms with E-state index in [1.165, 1.54) is 0 Å². The lowest BCUT2D eigenvalue weighted by Gasteiger charge is -2.30. The molecule has 134 valence electrons. The van der Waals surface area contributed by atoms with E-state index in [4.69, 9.17) is 50.4 Å². The van der Waals surface area contributed by atoms with Gasteiger partial charge in [0.1, 0.15) is 0 Å². The van der Waals surface area contributed by atoms with Gasteiger partial charge in [0.2, 0.25) is 9.04 Å². The van der Waals surface area contributed by atoms with E-state index >= 15 is 0 Å². The predicted molar refractivity (Wildman–Crippen MR) is 92.0 cm³/mol. The first-order chi connectivity index (χ1) is 10.5. The van der Waals surface area contributed by atoms with E-state index in [1.54, 1.807) is 21.3 Å². The summed E-state index contributed by atoms with van der Waals surface area (Å²) in [5.74, 6) is 0.465. The molecule has 0 aromatic heterocycles. The van der Waals surface area contributed by atoms with Crippen LogP contribution in [0.2, 0.25) is 12.1 Å². The Labute approximate surface area is 146 Å². The highest BCUT2D eigenvalue weighted by atomic mass is 35.5. The Hall–Kier alpha value is 0.774. The third kappa shape index (κ3) is 8.05. The molecule has 0 rings (SSSR count). The molecule has 0 spiro atoms. The van der Waals surface area contributed by atoms with E-state index in [0.717, 1.165) is 0 Å². The second-order valence-electron chi connectivity index (χ2n) is 4.37.